The van der Waals surface area contributed by atoms with Gasteiger partial charge in [-0.25, -0.2) is 17.9 Å². The number of aryl methyl sites for hydroxylation is 1. The number of sulfonamides is 1. The first-order chi connectivity index (χ1) is 9.77. The minimum atomic E-state index is -3.71. The molecule has 0 aliphatic carbocycles. The first-order valence-electron chi connectivity index (χ1n) is 6.72. The summed E-state index contributed by atoms with van der Waals surface area (Å²) < 4.78 is 27.3. The van der Waals surface area contributed by atoms with E-state index in [9.17, 15) is 13.2 Å². The zero-order chi connectivity index (χ0) is 16.0. The monoisotopic (exact) mass is 331 g/mol. The highest BCUT2D eigenvalue weighted by atomic mass is 32.2. The van der Waals surface area contributed by atoms with Crippen molar-refractivity contribution in [3.63, 3.8) is 0 Å². The van der Waals surface area contributed by atoms with Crippen LogP contribution < -0.4 is 4.72 Å². The maximum absolute atomic E-state index is 12.4. The van der Waals surface area contributed by atoms with Gasteiger partial charge in [0.15, 0.2) is 0 Å². The fraction of sp³-hybridized carbons (Fsp3) is 0.500. The van der Waals surface area contributed by atoms with E-state index < -0.39 is 16.0 Å². The van der Waals surface area contributed by atoms with Crippen molar-refractivity contribution in [1.29, 1.82) is 0 Å². The maximum atomic E-state index is 12.4. The van der Waals surface area contributed by atoms with E-state index in [1.165, 1.54) is 18.2 Å². The van der Waals surface area contributed by atoms with Gasteiger partial charge in [0, 0.05) is 6.04 Å². The molecule has 5 nitrogen and oxygen atoms in total. The summed E-state index contributed by atoms with van der Waals surface area (Å²) in [6.07, 6.45) is 0.732. The molecule has 0 aromatic heterocycles. The summed E-state index contributed by atoms with van der Waals surface area (Å²) in [4.78, 5) is 11.0. The molecule has 1 rings (SSSR count). The molecule has 1 unspecified atom stereocenters. The lowest BCUT2D eigenvalue weighted by Gasteiger charge is -2.15. The van der Waals surface area contributed by atoms with E-state index in [-0.39, 0.29) is 16.5 Å². The zero-order valence-corrected chi connectivity index (χ0v) is 14.1. The molecule has 0 fully saturated rings. The number of rotatable bonds is 8. The molecular formula is C14H21NO4S2. The SMILES string of the molecule is CCSCCC(C)NS(=O)(=O)c1cc(C(=O)O)ccc1C. The maximum Gasteiger partial charge on any atom is 0.335 e. The third kappa shape index (κ3) is 5.33. The van der Waals surface area contributed by atoms with E-state index in [2.05, 4.69) is 11.6 Å². The van der Waals surface area contributed by atoms with Gasteiger partial charge in [0.05, 0.1) is 10.5 Å². The highest BCUT2D eigenvalue weighted by Gasteiger charge is 2.21. The zero-order valence-electron chi connectivity index (χ0n) is 12.4. The Morgan fingerprint density at radius 1 is 1.43 bits per heavy atom. The van der Waals surface area contributed by atoms with Gasteiger partial charge in [-0.1, -0.05) is 13.0 Å². The van der Waals surface area contributed by atoms with Gasteiger partial charge in [-0.05, 0) is 49.5 Å². The van der Waals surface area contributed by atoms with Gasteiger partial charge in [0.2, 0.25) is 10.0 Å². The number of benzene rings is 1. The quantitative estimate of drug-likeness (QED) is 0.715. The van der Waals surface area contributed by atoms with Gasteiger partial charge in [0.25, 0.3) is 0 Å². The average molecular weight is 331 g/mol. The van der Waals surface area contributed by atoms with Gasteiger partial charge >= 0.3 is 5.97 Å². The molecule has 118 valence electrons. The van der Waals surface area contributed by atoms with Crippen LogP contribution in [0.5, 0.6) is 0 Å². The van der Waals surface area contributed by atoms with E-state index in [0.717, 1.165) is 17.9 Å². The molecule has 2 N–H and O–H groups in total. The molecule has 0 spiro atoms. The minimum Gasteiger partial charge on any atom is -0.478 e. The third-order valence-corrected chi connectivity index (χ3v) is 5.64. The predicted molar refractivity (Wildman–Crippen MR) is 85.5 cm³/mol. The second-order valence-electron chi connectivity index (χ2n) is 4.79. The molecule has 0 heterocycles. The Balaban J connectivity index is 2.92. The molecule has 7 heteroatoms. The van der Waals surface area contributed by atoms with Crippen molar-refractivity contribution in [1.82, 2.24) is 4.72 Å². The van der Waals surface area contributed by atoms with E-state index in [0.29, 0.717) is 5.56 Å². The van der Waals surface area contributed by atoms with Gasteiger partial charge in [-0.3, -0.25) is 0 Å². The van der Waals surface area contributed by atoms with Gasteiger partial charge in [-0.2, -0.15) is 11.8 Å². The molecule has 1 atom stereocenters. The fourth-order valence-electron chi connectivity index (χ4n) is 1.81. The number of thioether (sulfide) groups is 1. The summed E-state index contributed by atoms with van der Waals surface area (Å²) >= 11 is 1.76. The molecule has 0 radical (unpaired) electrons. The Morgan fingerprint density at radius 3 is 2.67 bits per heavy atom. The van der Waals surface area contributed by atoms with Crippen LogP contribution in [0.15, 0.2) is 23.1 Å². The topological polar surface area (TPSA) is 83.5 Å². The van der Waals surface area contributed by atoms with Crippen LogP contribution in [-0.2, 0) is 10.0 Å². The van der Waals surface area contributed by atoms with Crippen molar-refractivity contribution in [2.75, 3.05) is 11.5 Å². The second-order valence-corrected chi connectivity index (χ2v) is 7.87. The van der Waals surface area contributed by atoms with Crippen LogP contribution in [0, 0.1) is 6.92 Å². The highest BCUT2D eigenvalue weighted by Crippen LogP contribution is 2.18. The molecule has 0 aliphatic heterocycles. The third-order valence-electron chi connectivity index (χ3n) is 2.98. The van der Waals surface area contributed by atoms with Crippen molar-refractivity contribution in [2.24, 2.45) is 0 Å². The number of carbonyl (C=O) groups is 1. The summed E-state index contributed by atoms with van der Waals surface area (Å²) in [7, 11) is -3.71. The lowest BCUT2D eigenvalue weighted by Crippen LogP contribution is -2.33. The van der Waals surface area contributed by atoms with Crippen molar-refractivity contribution in [2.45, 2.75) is 38.1 Å². The molecule has 21 heavy (non-hydrogen) atoms. The van der Waals surface area contributed by atoms with Gasteiger partial charge < -0.3 is 5.11 Å². The van der Waals surface area contributed by atoms with Crippen molar-refractivity contribution in [3.8, 4) is 0 Å². The van der Waals surface area contributed by atoms with Gasteiger partial charge in [0.1, 0.15) is 0 Å². The molecule has 1 aromatic carbocycles. The molecule has 0 bridgehead atoms. The molecule has 0 saturated carbocycles. The molecular weight excluding hydrogens is 310 g/mol. The van der Waals surface area contributed by atoms with Crippen molar-refractivity contribution >= 4 is 27.8 Å². The van der Waals surface area contributed by atoms with Crippen LogP contribution in [0.25, 0.3) is 0 Å². The van der Waals surface area contributed by atoms with Crippen LogP contribution in [0.2, 0.25) is 0 Å². The molecule has 0 aliphatic rings. The summed E-state index contributed by atoms with van der Waals surface area (Å²) in [5.74, 6) is 0.743. The molecule has 0 amide bonds. The highest BCUT2D eigenvalue weighted by molar-refractivity contribution is 7.99. The van der Waals surface area contributed by atoms with E-state index >= 15 is 0 Å². The number of nitrogens with one attached hydrogen (secondary N) is 1. The Kier molecular flexibility index (Phi) is 6.70. The number of carboxylic acids is 1. The Hall–Kier alpha value is -1.05. The van der Waals surface area contributed by atoms with Crippen LogP contribution in [0.4, 0.5) is 0 Å². The van der Waals surface area contributed by atoms with Crippen LogP contribution in [0.1, 0.15) is 36.2 Å². The van der Waals surface area contributed by atoms with Crippen LogP contribution in [0.3, 0.4) is 0 Å². The van der Waals surface area contributed by atoms with Crippen LogP contribution in [-0.4, -0.2) is 37.0 Å². The number of carboxylic acid groups (broad SMARTS) is 1. The largest absolute Gasteiger partial charge is 0.478 e. The standard InChI is InChI=1S/C14H21NO4S2/c1-4-20-8-7-11(3)15-21(18,19)13-9-12(14(16)17)6-5-10(13)2/h5-6,9,11,15H,4,7-8H2,1-3H3,(H,16,17). The first-order valence-corrected chi connectivity index (χ1v) is 9.35. The molecule has 0 saturated heterocycles. The summed E-state index contributed by atoms with van der Waals surface area (Å²) in [5, 5.41) is 8.97. The lowest BCUT2D eigenvalue weighted by molar-refractivity contribution is 0.0696. The second kappa shape index (κ2) is 7.82. The summed E-state index contributed by atoms with van der Waals surface area (Å²) in [5.41, 5.74) is 0.498. The normalized spacial score (nSPS) is 13.1. The Bertz CT molecular complexity index is 599. The number of aromatic carboxylic acids is 1. The number of hydrogen-bond donors (Lipinski definition) is 2. The fourth-order valence-corrected chi connectivity index (χ4v) is 4.17. The number of hydrogen-bond acceptors (Lipinski definition) is 4. The Labute approximate surface area is 130 Å². The predicted octanol–water partition coefficient (Wildman–Crippen LogP) is 2.50. The smallest absolute Gasteiger partial charge is 0.335 e. The average Bonchev–Trinajstić information content (AvgIpc) is 2.38. The first kappa shape index (κ1) is 18.0. The summed E-state index contributed by atoms with van der Waals surface area (Å²) in [6, 6.07) is 3.92. The van der Waals surface area contributed by atoms with Gasteiger partial charge in [-0.15, -0.1) is 0 Å². The van der Waals surface area contributed by atoms with E-state index in [1.54, 1.807) is 18.7 Å². The van der Waals surface area contributed by atoms with Crippen LogP contribution >= 0.6 is 11.8 Å². The van der Waals surface area contributed by atoms with Crippen molar-refractivity contribution in [3.05, 3.63) is 29.3 Å². The minimum absolute atomic E-state index is 0.0254. The summed E-state index contributed by atoms with van der Waals surface area (Å²) in [6.45, 7) is 5.52. The lowest BCUT2D eigenvalue weighted by atomic mass is 10.1. The van der Waals surface area contributed by atoms with Crippen molar-refractivity contribution < 1.29 is 18.3 Å². The Morgan fingerprint density at radius 2 is 2.10 bits per heavy atom. The van der Waals surface area contributed by atoms with E-state index in [1.807, 2.05) is 6.92 Å². The van der Waals surface area contributed by atoms with E-state index in [4.69, 9.17) is 5.11 Å². The molecule has 1 aromatic rings.